The number of carbonyl (C=O) groups is 2. The second-order valence-corrected chi connectivity index (χ2v) is 7.93. The molecule has 7 nitrogen and oxygen atoms in total. The quantitative estimate of drug-likeness (QED) is 0.394. The molecule has 174 valence electrons. The van der Waals surface area contributed by atoms with Crippen molar-refractivity contribution in [3.8, 4) is 5.75 Å². The molecule has 8 heteroatoms. The van der Waals surface area contributed by atoms with E-state index in [0.717, 1.165) is 13.1 Å². The number of Topliss-reactive ketones (excluding diaryl/α,β-unsaturated/α-hetero) is 1. The van der Waals surface area contributed by atoms with Crippen LogP contribution < -0.4 is 4.74 Å². The van der Waals surface area contributed by atoms with Gasteiger partial charge >= 0.3 is 0 Å². The molecule has 2 aromatic carbocycles. The van der Waals surface area contributed by atoms with Crippen molar-refractivity contribution in [3.05, 3.63) is 71.0 Å². The van der Waals surface area contributed by atoms with Crippen LogP contribution in [0.5, 0.6) is 5.75 Å². The van der Waals surface area contributed by atoms with E-state index < -0.39 is 23.5 Å². The highest BCUT2D eigenvalue weighted by atomic mass is 19.1. The van der Waals surface area contributed by atoms with E-state index in [0.29, 0.717) is 37.7 Å². The van der Waals surface area contributed by atoms with Crippen molar-refractivity contribution in [3.63, 3.8) is 0 Å². The Morgan fingerprint density at radius 1 is 1.12 bits per heavy atom. The topological polar surface area (TPSA) is 79.3 Å². The Morgan fingerprint density at radius 2 is 1.88 bits per heavy atom. The van der Waals surface area contributed by atoms with Crippen molar-refractivity contribution in [2.45, 2.75) is 13.0 Å². The number of halogens is 1. The third kappa shape index (κ3) is 4.77. The third-order valence-corrected chi connectivity index (χ3v) is 5.92. The molecule has 0 spiro atoms. The minimum absolute atomic E-state index is 0.124. The summed E-state index contributed by atoms with van der Waals surface area (Å²) in [6, 6.07) is 11.6. The van der Waals surface area contributed by atoms with Crippen LogP contribution in [0, 0.1) is 5.82 Å². The van der Waals surface area contributed by atoms with Crippen LogP contribution in [0.4, 0.5) is 4.39 Å². The van der Waals surface area contributed by atoms with E-state index in [2.05, 4.69) is 4.90 Å². The molecule has 2 aromatic rings. The van der Waals surface area contributed by atoms with Crippen LogP contribution in [0.25, 0.3) is 5.76 Å². The van der Waals surface area contributed by atoms with Crippen molar-refractivity contribution >= 4 is 17.4 Å². The highest BCUT2D eigenvalue weighted by Crippen LogP contribution is 2.40. The first-order valence-corrected chi connectivity index (χ1v) is 11.1. The zero-order valence-corrected chi connectivity index (χ0v) is 18.5. The average Bonchev–Trinajstić information content (AvgIpc) is 3.08. The lowest BCUT2D eigenvalue weighted by Gasteiger charge is -2.31. The molecule has 1 amide bonds. The van der Waals surface area contributed by atoms with Gasteiger partial charge in [0, 0.05) is 37.3 Å². The van der Waals surface area contributed by atoms with Gasteiger partial charge in [0.1, 0.15) is 17.3 Å². The lowest BCUT2D eigenvalue weighted by molar-refractivity contribution is -0.140. The summed E-state index contributed by atoms with van der Waals surface area (Å²) < 4.78 is 25.7. The maximum absolute atomic E-state index is 14.9. The predicted molar refractivity (Wildman–Crippen MR) is 120 cm³/mol. The van der Waals surface area contributed by atoms with Crippen LogP contribution >= 0.6 is 0 Å². The molecular weight excluding hydrogens is 427 g/mol. The van der Waals surface area contributed by atoms with E-state index in [1.54, 1.807) is 36.4 Å². The van der Waals surface area contributed by atoms with Gasteiger partial charge in [-0.15, -0.1) is 0 Å². The fourth-order valence-electron chi connectivity index (χ4n) is 4.26. The standard InChI is InChI=1S/C25H27FN2O5/c1-2-33-18-7-5-6-17(16-18)23(29)21-22(19-8-3-4-9-20(19)26)28(25(31)24(21)30)11-10-27-12-14-32-15-13-27/h3-9,16,22,29H,2,10-15H2,1H3/b23-21+. The first-order valence-electron chi connectivity index (χ1n) is 11.1. The molecule has 0 aliphatic carbocycles. The second kappa shape index (κ2) is 10.1. The molecule has 1 N–H and O–H groups in total. The fraction of sp³-hybridized carbons (Fsp3) is 0.360. The summed E-state index contributed by atoms with van der Waals surface area (Å²) in [5.74, 6) is -1.96. The Morgan fingerprint density at radius 3 is 2.61 bits per heavy atom. The van der Waals surface area contributed by atoms with Gasteiger partial charge < -0.3 is 19.5 Å². The summed E-state index contributed by atoms with van der Waals surface area (Å²) in [5.41, 5.74) is 0.371. The molecule has 0 saturated carbocycles. The molecular formula is C25H27FN2O5. The summed E-state index contributed by atoms with van der Waals surface area (Å²) in [6.45, 7) is 5.66. The first kappa shape index (κ1) is 22.9. The summed E-state index contributed by atoms with van der Waals surface area (Å²) >= 11 is 0. The molecule has 33 heavy (non-hydrogen) atoms. The van der Waals surface area contributed by atoms with Gasteiger partial charge in [-0.25, -0.2) is 4.39 Å². The van der Waals surface area contributed by atoms with E-state index in [-0.39, 0.29) is 23.4 Å². The number of ketones is 1. The molecule has 2 fully saturated rings. The largest absolute Gasteiger partial charge is 0.507 e. The van der Waals surface area contributed by atoms with E-state index in [1.807, 2.05) is 6.92 Å². The molecule has 0 radical (unpaired) electrons. The number of aliphatic hydroxyl groups excluding tert-OH is 1. The van der Waals surface area contributed by atoms with Crippen LogP contribution in [0.3, 0.4) is 0 Å². The zero-order chi connectivity index (χ0) is 23.4. The minimum atomic E-state index is -1.03. The van der Waals surface area contributed by atoms with Crippen LogP contribution in [0.15, 0.2) is 54.1 Å². The number of aliphatic hydroxyl groups is 1. The number of likely N-dealkylation sites (tertiary alicyclic amines) is 1. The smallest absolute Gasteiger partial charge is 0.295 e. The highest BCUT2D eigenvalue weighted by molar-refractivity contribution is 6.46. The van der Waals surface area contributed by atoms with Crippen LogP contribution in [0.2, 0.25) is 0 Å². The van der Waals surface area contributed by atoms with Gasteiger partial charge in [0.05, 0.1) is 31.4 Å². The second-order valence-electron chi connectivity index (χ2n) is 7.93. The molecule has 2 aliphatic heterocycles. The molecule has 4 rings (SSSR count). The minimum Gasteiger partial charge on any atom is -0.507 e. The SMILES string of the molecule is CCOc1cccc(/C(O)=C2\C(=O)C(=O)N(CCN3CCOCC3)C2c2ccccc2F)c1. The van der Waals surface area contributed by atoms with Gasteiger partial charge in [0.2, 0.25) is 0 Å². The van der Waals surface area contributed by atoms with E-state index >= 15 is 0 Å². The number of hydrogen-bond donors (Lipinski definition) is 1. The van der Waals surface area contributed by atoms with Crippen molar-refractivity contribution in [2.75, 3.05) is 46.0 Å². The summed E-state index contributed by atoms with van der Waals surface area (Å²) in [4.78, 5) is 29.6. The number of morpholine rings is 1. The Hall–Kier alpha value is -3.23. The van der Waals surface area contributed by atoms with Crippen molar-refractivity contribution in [1.82, 2.24) is 9.80 Å². The van der Waals surface area contributed by atoms with Gasteiger partial charge in [-0.2, -0.15) is 0 Å². The van der Waals surface area contributed by atoms with Crippen molar-refractivity contribution < 1.29 is 28.6 Å². The number of ether oxygens (including phenoxy) is 2. The average molecular weight is 454 g/mol. The fourth-order valence-corrected chi connectivity index (χ4v) is 4.26. The Kier molecular flexibility index (Phi) is 7.05. The van der Waals surface area contributed by atoms with E-state index in [4.69, 9.17) is 9.47 Å². The third-order valence-electron chi connectivity index (χ3n) is 5.92. The summed E-state index contributed by atoms with van der Waals surface area (Å²) in [6.07, 6.45) is 0. The maximum atomic E-state index is 14.9. The zero-order valence-electron chi connectivity index (χ0n) is 18.5. The van der Waals surface area contributed by atoms with Crippen LogP contribution in [-0.2, 0) is 14.3 Å². The van der Waals surface area contributed by atoms with Gasteiger partial charge in [-0.05, 0) is 25.1 Å². The number of nitrogens with zero attached hydrogens (tertiary/aromatic N) is 2. The molecule has 1 unspecified atom stereocenters. The Bertz CT molecular complexity index is 1060. The summed E-state index contributed by atoms with van der Waals surface area (Å²) in [7, 11) is 0. The molecule has 1 atom stereocenters. The molecule has 2 saturated heterocycles. The summed E-state index contributed by atoms with van der Waals surface area (Å²) in [5, 5.41) is 11.1. The molecule has 2 heterocycles. The van der Waals surface area contributed by atoms with E-state index in [1.165, 1.54) is 17.0 Å². The predicted octanol–water partition coefficient (Wildman–Crippen LogP) is 2.98. The first-order chi connectivity index (χ1) is 16.0. The Labute approximate surface area is 192 Å². The number of amides is 1. The maximum Gasteiger partial charge on any atom is 0.295 e. The van der Waals surface area contributed by atoms with Gasteiger partial charge in [-0.1, -0.05) is 30.3 Å². The normalized spacial score (nSPS) is 20.9. The van der Waals surface area contributed by atoms with Crippen LogP contribution in [0.1, 0.15) is 24.1 Å². The highest BCUT2D eigenvalue weighted by Gasteiger charge is 2.46. The molecule has 2 aliphatic rings. The Balaban J connectivity index is 1.75. The number of hydrogen-bond acceptors (Lipinski definition) is 6. The van der Waals surface area contributed by atoms with Gasteiger partial charge in [0.15, 0.2) is 0 Å². The van der Waals surface area contributed by atoms with E-state index in [9.17, 15) is 19.1 Å². The monoisotopic (exact) mass is 454 g/mol. The van der Waals surface area contributed by atoms with Gasteiger partial charge in [-0.3, -0.25) is 14.5 Å². The van der Waals surface area contributed by atoms with Crippen molar-refractivity contribution in [2.24, 2.45) is 0 Å². The molecule has 0 bridgehead atoms. The van der Waals surface area contributed by atoms with Crippen molar-refractivity contribution in [1.29, 1.82) is 0 Å². The van der Waals surface area contributed by atoms with Crippen LogP contribution in [-0.4, -0.2) is 72.6 Å². The lowest BCUT2D eigenvalue weighted by Crippen LogP contribution is -2.42. The number of carbonyl (C=O) groups excluding carboxylic acids is 2. The van der Waals surface area contributed by atoms with Gasteiger partial charge in [0.25, 0.3) is 11.7 Å². The number of benzene rings is 2. The number of rotatable bonds is 7. The molecule has 0 aromatic heterocycles. The lowest BCUT2D eigenvalue weighted by atomic mass is 9.95.